The second kappa shape index (κ2) is 5.12. The SMILES string of the molecule is CN1CCCC(CNc2ccc(N)nn2)C1. The maximum absolute atomic E-state index is 5.48. The van der Waals surface area contributed by atoms with Gasteiger partial charge in [0.1, 0.15) is 11.6 Å². The Hall–Kier alpha value is -1.36. The summed E-state index contributed by atoms with van der Waals surface area (Å²) in [6, 6.07) is 3.64. The second-order valence-corrected chi connectivity index (χ2v) is 4.49. The zero-order valence-electron chi connectivity index (χ0n) is 9.69. The van der Waals surface area contributed by atoms with Crippen LogP contribution >= 0.6 is 0 Å². The summed E-state index contributed by atoms with van der Waals surface area (Å²) in [6.45, 7) is 3.34. The van der Waals surface area contributed by atoms with Crippen molar-refractivity contribution in [3.05, 3.63) is 12.1 Å². The van der Waals surface area contributed by atoms with Gasteiger partial charge in [-0.1, -0.05) is 0 Å². The minimum absolute atomic E-state index is 0.461. The first-order chi connectivity index (χ1) is 7.74. The molecule has 1 fully saturated rings. The lowest BCUT2D eigenvalue weighted by atomic mass is 9.98. The molecule has 5 heteroatoms. The van der Waals surface area contributed by atoms with Gasteiger partial charge in [-0.05, 0) is 44.5 Å². The first kappa shape index (κ1) is 11.1. The molecule has 0 aliphatic carbocycles. The summed E-state index contributed by atoms with van der Waals surface area (Å²) < 4.78 is 0. The van der Waals surface area contributed by atoms with Gasteiger partial charge < -0.3 is 16.0 Å². The Bertz CT molecular complexity index is 324. The smallest absolute Gasteiger partial charge is 0.148 e. The van der Waals surface area contributed by atoms with Crippen LogP contribution in [0.4, 0.5) is 11.6 Å². The summed E-state index contributed by atoms with van der Waals surface area (Å²) in [5.74, 6) is 1.98. The molecule has 0 radical (unpaired) electrons. The van der Waals surface area contributed by atoms with Crippen LogP contribution in [0.5, 0.6) is 0 Å². The van der Waals surface area contributed by atoms with E-state index in [9.17, 15) is 0 Å². The molecule has 88 valence electrons. The molecule has 1 aliphatic rings. The molecule has 0 aromatic carbocycles. The number of hydrogen-bond acceptors (Lipinski definition) is 5. The third-order valence-electron chi connectivity index (χ3n) is 2.98. The lowest BCUT2D eigenvalue weighted by molar-refractivity contribution is 0.217. The van der Waals surface area contributed by atoms with E-state index >= 15 is 0 Å². The van der Waals surface area contributed by atoms with Gasteiger partial charge in [-0.15, -0.1) is 10.2 Å². The van der Waals surface area contributed by atoms with E-state index in [1.165, 1.54) is 19.4 Å². The number of rotatable bonds is 3. The van der Waals surface area contributed by atoms with Crippen molar-refractivity contribution in [3.63, 3.8) is 0 Å². The summed E-state index contributed by atoms with van der Waals surface area (Å²) in [7, 11) is 2.18. The highest BCUT2D eigenvalue weighted by Gasteiger charge is 2.16. The predicted molar refractivity (Wildman–Crippen MR) is 65.2 cm³/mol. The largest absolute Gasteiger partial charge is 0.382 e. The second-order valence-electron chi connectivity index (χ2n) is 4.49. The van der Waals surface area contributed by atoms with Gasteiger partial charge >= 0.3 is 0 Å². The van der Waals surface area contributed by atoms with E-state index in [0.717, 1.165) is 18.9 Å². The quantitative estimate of drug-likeness (QED) is 0.790. The summed E-state index contributed by atoms with van der Waals surface area (Å²) in [6.07, 6.45) is 2.58. The molecule has 3 N–H and O–H groups in total. The highest BCUT2D eigenvalue weighted by atomic mass is 15.2. The van der Waals surface area contributed by atoms with Crippen molar-refractivity contribution >= 4 is 11.6 Å². The van der Waals surface area contributed by atoms with Crippen molar-refractivity contribution in [1.29, 1.82) is 0 Å². The van der Waals surface area contributed by atoms with Gasteiger partial charge in [0.15, 0.2) is 0 Å². The molecule has 16 heavy (non-hydrogen) atoms. The summed E-state index contributed by atoms with van der Waals surface area (Å²) in [4.78, 5) is 2.38. The Morgan fingerprint density at radius 2 is 2.38 bits per heavy atom. The molecule has 1 atom stereocenters. The Kier molecular flexibility index (Phi) is 3.56. The van der Waals surface area contributed by atoms with E-state index in [1.807, 2.05) is 6.07 Å². The fourth-order valence-electron chi connectivity index (χ4n) is 2.13. The van der Waals surface area contributed by atoms with Crippen LogP contribution in [0.2, 0.25) is 0 Å². The standard InChI is InChI=1S/C11H19N5/c1-16-6-2-3-9(8-16)7-13-11-5-4-10(12)14-15-11/h4-5,9H,2-3,6-8H2,1H3,(H2,12,14)(H,13,15). The zero-order valence-corrected chi connectivity index (χ0v) is 9.69. The van der Waals surface area contributed by atoms with Crippen LogP contribution < -0.4 is 11.1 Å². The minimum atomic E-state index is 0.461. The van der Waals surface area contributed by atoms with E-state index in [0.29, 0.717) is 11.7 Å². The average Bonchev–Trinajstić information content (AvgIpc) is 2.28. The summed E-state index contributed by atoms with van der Waals surface area (Å²) in [5, 5.41) is 11.1. The van der Waals surface area contributed by atoms with Crippen molar-refractivity contribution < 1.29 is 0 Å². The molecule has 1 aromatic heterocycles. The summed E-state index contributed by atoms with van der Waals surface area (Å²) in [5.41, 5.74) is 5.48. The highest BCUT2D eigenvalue weighted by Crippen LogP contribution is 2.15. The fourth-order valence-corrected chi connectivity index (χ4v) is 2.13. The average molecular weight is 221 g/mol. The van der Waals surface area contributed by atoms with Crippen LogP contribution in [-0.4, -0.2) is 41.8 Å². The van der Waals surface area contributed by atoms with E-state index in [-0.39, 0.29) is 0 Å². The van der Waals surface area contributed by atoms with Crippen LogP contribution in [0, 0.1) is 5.92 Å². The molecule has 0 saturated carbocycles. The van der Waals surface area contributed by atoms with Crippen LogP contribution in [0.25, 0.3) is 0 Å². The zero-order chi connectivity index (χ0) is 11.4. The molecule has 2 rings (SSSR count). The molecule has 2 heterocycles. The number of anilines is 2. The third-order valence-corrected chi connectivity index (χ3v) is 2.98. The minimum Gasteiger partial charge on any atom is -0.382 e. The molecule has 0 amide bonds. The van der Waals surface area contributed by atoms with Crippen LogP contribution in [0.1, 0.15) is 12.8 Å². The van der Waals surface area contributed by atoms with E-state index < -0.39 is 0 Å². The first-order valence-corrected chi connectivity index (χ1v) is 5.75. The van der Waals surface area contributed by atoms with Gasteiger partial charge in [0.2, 0.25) is 0 Å². The van der Waals surface area contributed by atoms with Gasteiger partial charge in [-0.3, -0.25) is 0 Å². The maximum Gasteiger partial charge on any atom is 0.148 e. The van der Waals surface area contributed by atoms with Crippen molar-refractivity contribution in [2.75, 3.05) is 37.7 Å². The third kappa shape index (κ3) is 3.06. The molecular formula is C11H19N5. The summed E-state index contributed by atoms with van der Waals surface area (Å²) >= 11 is 0. The van der Waals surface area contributed by atoms with Crippen molar-refractivity contribution in [3.8, 4) is 0 Å². The van der Waals surface area contributed by atoms with Crippen molar-refractivity contribution in [2.45, 2.75) is 12.8 Å². The first-order valence-electron chi connectivity index (χ1n) is 5.75. The van der Waals surface area contributed by atoms with Gasteiger partial charge in [0, 0.05) is 13.1 Å². The van der Waals surface area contributed by atoms with Gasteiger partial charge in [0.05, 0.1) is 0 Å². The van der Waals surface area contributed by atoms with E-state index in [2.05, 4.69) is 27.5 Å². The molecule has 1 saturated heterocycles. The molecule has 0 spiro atoms. The lowest BCUT2D eigenvalue weighted by Crippen LogP contribution is -2.35. The van der Waals surface area contributed by atoms with Gasteiger partial charge in [-0.2, -0.15) is 0 Å². The molecular weight excluding hydrogens is 202 g/mol. The number of nitrogens with two attached hydrogens (primary N) is 1. The molecule has 0 bridgehead atoms. The van der Waals surface area contributed by atoms with Gasteiger partial charge in [0.25, 0.3) is 0 Å². The van der Waals surface area contributed by atoms with Gasteiger partial charge in [-0.25, -0.2) is 0 Å². The Labute approximate surface area is 96.0 Å². The van der Waals surface area contributed by atoms with Crippen LogP contribution in [0.3, 0.4) is 0 Å². The van der Waals surface area contributed by atoms with Crippen LogP contribution in [-0.2, 0) is 0 Å². The predicted octanol–water partition coefficient (Wildman–Crippen LogP) is 0.812. The maximum atomic E-state index is 5.48. The number of nitrogens with zero attached hydrogens (tertiary/aromatic N) is 3. The number of nitrogens with one attached hydrogen (secondary N) is 1. The topological polar surface area (TPSA) is 67.1 Å². The fraction of sp³-hybridized carbons (Fsp3) is 0.636. The number of likely N-dealkylation sites (tertiary alicyclic amines) is 1. The highest BCUT2D eigenvalue weighted by molar-refractivity contribution is 5.38. The van der Waals surface area contributed by atoms with E-state index in [1.54, 1.807) is 6.07 Å². The molecule has 5 nitrogen and oxygen atoms in total. The molecule has 1 aliphatic heterocycles. The number of hydrogen-bond donors (Lipinski definition) is 2. The number of aromatic nitrogens is 2. The number of piperidine rings is 1. The Balaban J connectivity index is 1.80. The molecule has 1 aromatic rings. The lowest BCUT2D eigenvalue weighted by Gasteiger charge is -2.29. The normalized spacial score (nSPS) is 21.9. The van der Waals surface area contributed by atoms with Crippen LogP contribution in [0.15, 0.2) is 12.1 Å². The van der Waals surface area contributed by atoms with Crippen molar-refractivity contribution in [2.24, 2.45) is 5.92 Å². The molecule has 1 unspecified atom stereocenters. The monoisotopic (exact) mass is 221 g/mol. The van der Waals surface area contributed by atoms with Crippen molar-refractivity contribution in [1.82, 2.24) is 15.1 Å². The Morgan fingerprint density at radius 1 is 1.50 bits per heavy atom. The Morgan fingerprint density at radius 3 is 3.06 bits per heavy atom. The van der Waals surface area contributed by atoms with E-state index in [4.69, 9.17) is 5.73 Å². The number of nitrogen functional groups attached to an aromatic ring is 1.